The SMILES string of the molecule is CN(CC1(O)CCCCC1)CC1(O)CCOCC1. The Morgan fingerprint density at radius 1 is 0.889 bits per heavy atom. The van der Waals surface area contributed by atoms with Crippen molar-refractivity contribution in [2.45, 2.75) is 56.1 Å². The monoisotopic (exact) mass is 257 g/mol. The van der Waals surface area contributed by atoms with Crippen molar-refractivity contribution in [2.24, 2.45) is 0 Å². The Kier molecular flexibility index (Phi) is 4.64. The molecule has 0 spiro atoms. The van der Waals surface area contributed by atoms with Gasteiger partial charge in [-0.05, 0) is 19.9 Å². The van der Waals surface area contributed by atoms with Gasteiger partial charge in [0.15, 0.2) is 0 Å². The summed E-state index contributed by atoms with van der Waals surface area (Å²) in [5, 5.41) is 21.0. The first kappa shape index (κ1) is 14.3. The van der Waals surface area contributed by atoms with E-state index < -0.39 is 11.2 Å². The molecule has 1 heterocycles. The van der Waals surface area contributed by atoms with Crippen molar-refractivity contribution in [3.05, 3.63) is 0 Å². The van der Waals surface area contributed by atoms with E-state index in [0.29, 0.717) is 39.1 Å². The molecular weight excluding hydrogens is 230 g/mol. The summed E-state index contributed by atoms with van der Waals surface area (Å²) in [7, 11) is 2.00. The van der Waals surface area contributed by atoms with Gasteiger partial charge in [-0.15, -0.1) is 0 Å². The number of nitrogens with zero attached hydrogens (tertiary/aromatic N) is 1. The Morgan fingerprint density at radius 2 is 1.39 bits per heavy atom. The third-order valence-electron chi connectivity index (χ3n) is 4.34. The lowest BCUT2D eigenvalue weighted by Crippen LogP contribution is -2.50. The van der Waals surface area contributed by atoms with Gasteiger partial charge < -0.3 is 19.8 Å². The lowest BCUT2D eigenvalue weighted by atomic mass is 9.84. The smallest absolute Gasteiger partial charge is 0.0817 e. The normalized spacial score (nSPS) is 27.3. The van der Waals surface area contributed by atoms with E-state index >= 15 is 0 Å². The Balaban J connectivity index is 1.81. The molecular formula is C14H27NO3. The van der Waals surface area contributed by atoms with Crippen LogP contribution in [0.4, 0.5) is 0 Å². The minimum absolute atomic E-state index is 0.533. The fourth-order valence-corrected chi connectivity index (χ4v) is 3.34. The van der Waals surface area contributed by atoms with E-state index in [4.69, 9.17) is 4.74 Å². The van der Waals surface area contributed by atoms with E-state index in [1.807, 2.05) is 7.05 Å². The minimum Gasteiger partial charge on any atom is -0.389 e. The van der Waals surface area contributed by atoms with Crippen molar-refractivity contribution in [3.63, 3.8) is 0 Å². The zero-order valence-corrected chi connectivity index (χ0v) is 11.5. The minimum atomic E-state index is -0.627. The second-order valence-electron chi connectivity index (χ2n) is 6.29. The molecule has 0 amide bonds. The first-order valence-electron chi connectivity index (χ1n) is 7.23. The van der Waals surface area contributed by atoms with Crippen LogP contribution in [-0.4, -0.2) is 59.7 Å². The topological polar surface area (TPSA) is 52.9 Å². The van der Waals surface area contributed by atoms with Crippen LogP contribution in [0.15, 0.2) is 0 Å². The first-order valence-corrected chi connectivity index (χ1v) is 7.23. The van der Waals surface area contributed by atoms with Gasteiger partial charge in [-0.3, -0.25) is 0 Å². The highest BCUT2D eigenvalue weighted by atomic mass is 16.5. The molecule has 0 bridgehead atoms. The fourth-order valence-electron chi connectivity index (χ4n) is 3.34. The summed E-state index contributed by atoms with van der Waals surface area (Å²) >= 11 is 0. The van der Waals surface area contributed by atoms with Crippen molar-refractivity contribution in [3.8, 4) is 0 Å². The Bertz CT molecular complexity index is 232. The zero-order valence-electron chi connectivity index (χ0n) is 11.5. The molecule has 1 aliphatic heterocycles. The molecule has 0 radical (unpaired) electrons. The number of aliphatic hydroxyl groups is 2. The predicted octanol–water partition coefficient (Wildman–Crippen LogP) is 1.15. The van der Waals surface area contributed by atoms with Crippen LogP contribution in [-0.2, 0) is 4.74 Å². The number of likely N-dealkylation sites (N-methyl/N-ethyl adjacent to an activating group) is 1. The lowest BCUT2D eigenvalue weighted by molar-refractivity contribution is -0.0900. The summed E-state index contributed by atoms with van der Waals surface area (Å²) in [4.78, 5) is 2.09. The molecule has 1 aliphatic carbocycles. The lowest BCUT2D eigenvalue weighted by Gasteiger charge is -2.40. The van der Waals surface area contributed by atoms with Gasteiger partial charge in [-0.25, -0.2) is 0 Å². The van der Waals surface area contributed by atoms with Crippen LogP contribution >= 0.6 is 0 Å². The van der Waals surface area contributed by atoms with Crippen molar-refractivity contribution < 1.29 is 14.9 Å². The molecule has 4 nitrogen and oxygen atoms in total. The van der Waals surface area contributed by atoms with Gasteiger partial charge in [0.1, 0.15) is 0 Å². The van der Waals surface area contributed by atoms with E-state index in [9.17, 15) is 10.2 Å². The van der Waals surface area contributed by atoms with Crippen molar-refractivity contribution >= 4 is 0 Å². The van der Waals surface area contributed by atoms with Crippen LogP contribution < -0.4 is 0 Å². The summed E-state index contributed by atoms with van der Waals surface area (Å²) < 4.78 is 5.29. The summed E-state index contributed by atoms with van der Waals surface area (Å²) in [5.41, 5.74) is -1.16. The van der Waals surface area contributed by atoms with Gasteiger partial charge in [0.25, 0.3) is 0 Å². The van der Waals surface area contributed by atoms with Crippen LogP contribution in [0.3, 0.4) is 0 Å². The van der Waals surface area contributed by atoms with Gasteiger partial charge in [0.05, 0.1) is 11.2 Å². The maximum atomic E-state index is 10.5. The highest BCUT2D eigenvalue weighted by Crippen LogP contribution is 2.29. The molecule has 0 aromatic heterocycles. The molecule has 2 N–H and O–H groups in total. The Hall–Kier alpha value is -0.160. The molecule has 0 unspecified atom stereocenters. The summed E-state index contributed by atoms with van der Waals surface area (Å²) in [6.45, 7) is 2.61. The van der Waals surface area contributed by atoms with Crippen molar-refractivity contribution in [1.82, 2.24) is 4.90 Å². The van der Waals surface area contributed by atoms with Crippen LogP contribution in [0.25, 0.3) is 0 Å². The zero-order chi connectivity index (χ0) is 13.1. The largest absolute Gasteiger partial charge is 0.389 e. The summed E-state index contributed by atoms with van der Waals surface area (Å²) in [6.07, 6.45) is 6.71. The Labute approximate surface area is 110 Å². The standard InChI is InChI=1S/C14H27NO3/c1-15(11-13(16)5-3-2-4-6-13)12-14(17)7-9-18-10-8-14/h16-17H,2-12H2,1H3. The van der Waals surface area contributed by atoms with E-state index in [0.717, 1.165) is 25.7 Å². The van der Waals surface area contributed by atoms with Crippen molar-refractivity contribution in [2.75, 3.05) is 33.4 Å². The van der Waals surface area contributed by atoms with Gasteiger partial charge >= 0.3 is 0 Å². The molecule has 2 fully saturated rings. The van der Waals surface area contributed by atoms with Crippen LogP contribution in [0.2, 0.25) is 0 Å². The van der Waals surface area contributed by atoms with Crippen molar-refractivity contribution in [1.29, 1.82) is 0 Å². The average molecular weight is 257 g/mol. The van der Waals surface area contributed by atoms with E-state index in [-0.39, 0.29) is 0 Å². The molecule has 106 valence electrons. The molecule has 2 rings (SSSR count). The van der Waals surface area contributed by atoms with Gasteiger partial charge in [0, 0.05) is 39.1 Å². The van der Waals surface area contributed by atoms with Crippen LogP contribution in [0.5, 0.6) is 0 Å². The maximum absolute atomic E-state index is 10.5. The quantitative estimate of drug-likeness (QED) is 0.793. The molecule has 1 saturated carbocycles. The highest BCUT2D eigenvalue weighted by Gasteiger charge is 2.35. The second kappa shape index (κ2) is 5.87. The number of hydrogen-bond acceptors (Lipinski definition) is 4. The van der Waals surface area contributed by atoms with Gasteiger partial charge in [0.2, 0.25) is 0 Å². The fraction of sp³-hybridized carbons (Fsp3) is 1.00. The molecule has 2 aliphatic rings. The number of hydrogen-bond donors (Lipinski definition) is 2. The second-order valence-corrected chi connectivity index (χ2v) is 6.29. The van der Waals surface area contributed by atoms with E-state index in [1.165, 1.54) is 6.42 Å². The third-order valence-corrected chi connectivity index (χ3v) is 4.34. The molecule has 18 heavy (non-hydrogen) atoms. The van der Waals surface area contributed by atoms with Gasteiger partial charge in [-0.2, -0.15) is 0 Å². The summed E-state index contributed by atoms with van der Waals surface area (Å²) in [6, 6.07) is 0. The molecule has 4 heteroatoms. The van der Waals surface area contributed by atoms with Gasteiger partial charge in [-0.1, -0.05) is 19.3 Å². The molecule has 0 atom stereocenters. The van der Waals surface area contributed by atoms with E-state index in [2.05, 4.69) is 4.90 Å². The molecule has 0 aromatic rings. The Morgan fingerprint density at radius 3 is 1.94 bits per heavy atom. The maximum Gasteiger partial charge on any atom is 0.0817 e. The molecule has 0 aromatic carbocycles. The number of rotatable bonds is 4. The van der Waals surface area contributed by atoms with E-state index in [1.54, 1.807) is 0 Å². The molecule has 1 saturated heterocycles. The number of ether oxygens (including phenoxy) is 1. The predicted molar refractivity (Wildman–Crippen MR) is 70.5 cm³/mol. The highest BCUT2D eigenvalue weighted by molar-refractivity contribution is 4.89. The third kappa shape index (κ3) is 3.92. The summed E-state index contributed by atoms with van der Waals surface area (Å²) in [5.74, 6) is 0. The first-order chi connectivity index (χ1) is 8.52. The van der Waals surface area contributed by atoms with Crippen LogP contribution in [0.1, 0.15) is 44.9 Å². The average Bonchev–Trinajstić information content (AvgIpc) is 2.29. The van der Waals surface area contributed by atoms with Crippen LogP contribution in [0, 0.1) is 0 Å².